The summed E-state index contributed by atoms with van der Waals surface area (Å²) < 4.78 is 5.16. The molecule has 0 aromatic heterocycles. The van der Waals surface area contributed by atoms with Crippen molar-refractivity contribution in [2.24, 2.45) is 0 Å². The molecule has 0 saturated heterocycles. The van der Waals surface area contributed by atoms with Crippen LogP contribution < -0.4 is 4.74 Å². The van der Waals surface area contributed by atoms with E-state index in [-0.39, 0.29) is 12.3 Å². The van der Waals surface area contributed by atoms with E-state index in [4.69, 9.17) is 9.84 Å². The predicted octanol–water partition coefficient (Wildman–Crippen LogP) is 2.27. The Labute approximate surface area is 83.3 Å². The molecule has 0 spiro atoms. The highest BCUT2D eigenvalue weighted by atomic mass is 16.5. The minimum absolute atomic E-state index is 0.0244. The minimum atomic E-state index is -0.789. The number of hydrogen-bond donors (Lipinski definition) is 1. The summed E-state index contributed by atoms with van der Waals surface area (Å²) in [6.07, 6.45) is 0.125. The van der Waals surface area contributed by atoms with Gasteiger partial charge in [0.25, 0.3) is 0 Å². The molecule has 3 heteroatoms. The van der Waals surface area contributed by atoms with Crippen molar-refractivity contribution < 1.29 is 14.6 Å². The number of carbonyl (C=O) groups is 1. The molecular formula is C11H14O3. The molecule has 0 amide bonds. The summed E-state index contributed by atoms with van der Waals surface area (Å²) in [4.78, 5) is 10.5. The largest absolute Gasteiger partial charge is 0.496 e. The molecule has 1 aromatic carbocycles. The van der Waals surface area contributed by atoms with Crippen molar-refractivity contribution in [3.63, 3.8) is 0 Å². The van der Waals surface area contributed by atoms with Crippen LogP contribution >= 0.6 is 0 Å². The smallest absolute Gasteiger partial charge is 0.303 e. The second-order valence-corrected chi connectivity index (χ2v) is 3.24. The van der Waals surface area contributed by atoms with E-state index >= 15 is 0 Å². The third-order valence-electron chi connectivity index (χ3n) is 2.15. The number of hydrogen-bond acceptors (Lipinski definition) is 2. The van der Waals surface area contributed by atoms with Crippen LogP contribution in [0.3, 0.4) is 0 Å². The van der Waals surface area contributed by atoms with E-state index in [9.17, 15) is 4.79 Å². The van der Waals surface area contributed by atoms with Crippen molar-refractivity contribution in [3.05, 3.63) is 29.8 Å². The molecule has 0 aliphatic heterocycles. The molecular weight excluding hydrogens is 180 g/mol. The topological polar surface area (TPSA) is 46.5 Å². The molecule has 0 radical (unpaired) electrons. The summed E-state index contributed by atoms with van der Waals surface area (Å²) in [6.45, 7) is 1.88. The Bertz CT molecular complexity index is 320. The second-order valence-electron chi connectivity index (χ2n) is 3.24. The fourth-order valence-electron chi connectivity index (χ4n) is 1.45. The molecule has 0 saturated carbocycles. The van der Waals surface area contributed by atoms with Gasteiger partial charge in [-0.1, -0.05) is 25.1 Å². The van der Waals surface area contributed by atoms with Gasteiger partial charge >= 0.3 is 5.97 Å². The van der Waals surface area contributed by atoms with Gasteiger partial charge in [-0.3, -0.25) is 4.79 Å². The Morgan fingerprint density at radius 1 is 1.50 bits per heavy atom. The van der Waals surface area contributed by atoms with Crippen LogP contribution in [0.25, 0.3) is 0 Å². The van der Waals surface area contributed by atoms with E-state index in [0.29, 0.717) is 0 Å². The van der Waals surface area contributed by atoms with Gasteiger partial charge in [-0.15, -0.1) is 0 Å². The number of rotatable bonds is 4. The summed E-state index contributed by atoms with van der Waals surface area (Å²) in [5.74, 6) is -0.0618. The van der Waals surface area contributed by atoms with Crippen molar-refractivity contribution in [2.45, 2.75) is 19.3 Å². The molecule has 76 valence electrons. The molecule has 0 fully saturated rings. The van der Waals surface area contributed by atoms with Crippen LogP contribution in [0.4, 0.5) is 0 Å². The molecule has 0 unspecified atom stereocenters. The summed E-state index contributed by atoms with van der Waals surface area (Å²) in [6, 6.07) is 7.49. The number of para-hydroxylation sites is 1. The number of aliphatic carboxylic acids is 1. The third-order valence-corrected chi connectivity index (χ3v) is 2.15. The summed E-state index contributed by atoms with van der Waals surface area (Å²) >= 11 is 0. The van der Waals surface area contributed by atoms with E-state index in [1.54, 1.807) is 7.11 Å². The molecule has 14 heavy (non-hydrogen) atoms. The maximum Gasteiger partial charge on any atom is 0.303 e. The lowest BCUT2D eigenvalue weighted by molar-refractivity contribution is -0.137. The fraction of sp³-hybridized carbons (Fsp3) is 0.364. The maximum absolute atomic E-state index is 10.5. The van der Waals surface area contributed by atoms with Crippen LogP contribution in [-0.2, 0) is 4.79 Å². The van der Waals surface area contributed by atoms with E-state index in [0.717, 1.165) is 11.3 Å². The zero-order valence-corrected chi connectivity index (χ0v) is 8.36. The third kappa shape index (κ3) is 2.49. The first-order valence-corrected chi connectivity index (χ1v) is 4.50. The molecule has 0 bridgehead atoms. The number of ether oxygens (including phenoxy) is 1. The Morgan fingerprint density at radius 2 is 2.14 bits per heavy atom. The zero-order valence-electron chi connectivity index (χ0n) is 8.36. The molecule has 0 aliphatic rings. The Morgan fingerprint density at radius 3 is 2.71 bits per heavy atom. The monoisotopic (exact) mass is 194 g/mol. The van der Waals surface area contributed by atoms with E-state index in [1.807, 2.05) is 31.2 Å². The lowest BCUT2D eigenvalue weighted by atomic mass is 9.97. The SMILES string of the molecule is COc1ccccc1[C@H](C)CC(=O)O. The normalized spacial score (nSPS) is 12.1. The number of benzene rings is 1. The van der Waals surface area contributed by atoms with Crippen LogP contribution in [0.2, 0.25) is 0 Å². The Kier molecular flexibility index (Phi) is 3.51. The van der Waals surface area contributed by atoms with Crippen molar-refractivity contribution in [1.82, 2.24) is 0 Å². The minimum Gasteiger partial charge on any atom is -0.496 e. The summed E-state index contributed by atoms with van der Waals surface area (Å²) in [5.41, 5.74) is 0.942. The van der Waals surface area contributed by atoms with Gasteiger partial charge in [0, 0.05) is 0 Å². The number of carboxylic acid groups (broad SMARTS) is 1. The standard InChI is InChI=1S/C11H14O3/c1-8(7-11(12)13)9-5-3-4-6-10(9)14-2/h3-6,8H,7H2,1-2H3,(H,12,13)/t8-/m1/s1. The molecule has 1 N–H and O–H groups in total. The number of carboxylic acids is 1. The van der Waals surface area contributed by atoms with Crippen LogP contribution in [0.5, 0.6) is 5.75 Å². The van der Waals surface area contributed by atoms with E-state index in [2.05, 4.69) is 0 Å². The van der Waals surface area contributed by atoms with Crippen molar-refractivity contribution in [3.8, 4) is 5.75 Å². The highest BCUT2D eigenvalue weighted by Gasteiger charge is 2.13. The van der Waals surface area contributed by atoms with Crippen LogP contribution in [0.15, 0.2) is 24.3 Å². The zero-order chi connectivity index (χ0) is 10.6. The van der Waals surface area contributed by atoms with E-state index in [1.165, 1.54) is 0 Å². The van der Waals surface area contributed by atoms with Gasteiger partial charge in [0.1, 0.15) is 5.75 Å². The van der Waals surface area contributed by atoms with Crippen LogP contribution in [0.1, 0.15) is 24.8 Å². The molecule has 1 rings (SSSR count). The first-order chi connectivity index (χ1) is 6.65. The first-order valence-electron chi connectivity index (χ1n) is 4.50. The van der Waals surface area contributed by atoms with Gasteiger partial charge in [0.15, 0.2) is 0 Å². The highest BCUT2D eigenvalue weighted by molar-refractivity contribution is 5.68. The summed E-state index contributed by atoms with van der Waals surface area (Å²) in [5, 5.41) is 8.67. The van der Waals surface area contributed by atoms with Crippen LogP contribution in [0, 0.1) is 0 Å². The molecule has 0 aliphatic carbocycles. The van der Waals surface area contributed by atoms with Gasteiger partial charge < -0.3 is 9.84 Å². The van der Waals surface area contributed by atoms with Gasteiger partial charge in [0.05, 0.1) is 13.5 Å². The summed E-state index contributed by atoms with van der Waals surface area (Å²) in [7, 11) is 1.59. The first kappa shape index (κ1) is 10.6. The lowest BCUT2D eigenvalue weighted by Crippen LogP contribution is -2.04. The molecule has 1 aromatic rings. The molecule has 0 heterocycles. The quantitative estimate of drug-likeness (QED) is 0.799. The highest BCUT2D eigenvalue weighted by Crippen LogP contribution is 2.27. The Hall–Kier alpha value is -1.51. The van der Waals surface area contributed by atoms with Crippen molar-refractivity contribution in [2.75, 3.05) is 7.11 Å². The van der Waals surface area contributed by atoms with Gasteiger partial charge in [-0.25, -0.2) is 0 Å². The van der Waals surface area contributed by atoms with Crippen molar-refractivity contribution >= 4 is 5.97 Å². The van der Waals surface area contributed by atoms with Crippen molar-refractivity contribution in [1.29, 1.82) is 0 Å². The fourth-order valence-corrected chi connectivity index (χ4v) is 1.45. The second kappa shape index (κ2) is 4.65. The number of methoxy groups -OCH3 is 1. The van der Waals surface area contributed by atoms with E-state index < -0.39 is 5.97 Å². The lowest BCUT2D eigenvalue weighted by Gasteiger charge is -2.13. The molecule has 1 atom stereocenters. The average Bonchev–Trinajstić information content (AvgIpc) is 2.16. The van der Waals surface area contributed by atoms with Gasteiger partial charge in [0.2, 0.25) is 0 Å². The predicted molar refractivity (Wildman–Crippen MR) is 53.7 cm³/mol. The maximum atomic E-state index is 10.5. The average molecular weight is 194 g/mol. The van der Waals surface area contributed by atoms with Crippen LogP contribution in [-0.4, -0.2) is 18.2 Å². The van der Waals surface area contributed by atoms with Gasteiger partial charge in [-0.05, 0) is 17.5 Å². The Balaban J connectivity index is 2.87. The van der Waals surface area contributed by atoms with Gasteiger partial charge in [-0.2, -0.15) is 0 Å². The molecule has 3 nitrogen and oxygen atoms in total.